The molecule has 0 aromatic carbocycles. The van der Waals surface area contributed by atoms with Crippen molar-refractivity contribution in [2.75, 3.05) is 19.6 Å². The summed E-state index contributed by atoms with van der Waals surface area (Å²) in [5, 5.41) is 3.88. The van der Waals surface area contributed by atoms with E-state index in [4.69, 9.17) is 0 Å². The fraction of sp³-hybridized carbons (Fsp3) is 1.00. The highest BCUT2D eigenvalue weighted by Crippen LogP contribution is 2.41. The molecule has 2 heteroatoms. The molecule has 1 aliphatic heterocycles. The van der Waals surface area contributed by atoms with Crippen LogP contribution in [-0.4, -0.2) is 36.6 Å². The molecule has 2 fully saturated rings. The molecule has 0 amide bonds. The van der Waals surface area contributed by atoms with E-state index in [0.717, 1.165) is 17.9 Å². The van der Waals surface area contributed by atoms with Gasteiger partial charge >= 0.3 is 0 Å². The maximum absolute atomic E-state index is 3.88. The second-order valence-corrected chi connectivity index (χ2v) is 8.50. The summed E-state index contributed by atoms with van der Waals surface area (Å²) >= 11 is 0. The number of rotatable bonds is 5. The van der Waals surface area contributed by atoms with Gasteiger partial charge in [-0.1, -0.05) is 34.6 Å². The van der Waals surface area contributed by atoms with Crippen LogP contribution in [0.2, 0.25) is 0 Å². The second kappa shape index (κ2) is 7.46. The molecule has 3 unspecified atom stereocenters. The van der Waals surface area contributed by atoms with Crippen molar-refractivity contribution in [3.63, 3.8) is 0 Å². The molecule has 2 rings (SSSR count). The van der Waals surface area contributed by atoms with E-state index in [1.807, 2.05) is 0 Å². The van der Waals surface area contributed by atoms with Crippen molar-refractivity contribution in [2.45, 2.75) is 85.2 Å². The lowest BCUT2D eigenvalue weighted by molar-refractivity contribution is 0.145. The molecule has 1 N–H and O–H groups in total. The Morgan fingerprint density at radius 3 is 2.57 bits per heavy atom. The summed E-state index contributed by atoms with van der Waals surface area (Å²) in [5.74, 6) is 1.81. The van der Waals surface area contributed by atoms with Crippen LogP contribution in [0.1, 0.15) is 73.1 Å². The van der Waals surface area contributed by atoms with Crippen LogP contribution in [0.25, 0.3) is 0 Å². The van der Waals surface area contributed by atoms with Crippen molar-refractivity contribution >= 4 is 0 Å². The molecule has 3 atom stereocenters. The Morgan fingerprint density at radius 2 is 1.90 bits per heavy atom. The van der Waals surface area contributed by atoms with E-state index >= 15 is 0 Å². The lowest BCUT2D eigenvalue weighted by atomic mass is 9.86. The average Bonchev–Trinajstić information content (AvgIpc) is 2.63. The Balaban J connectivity index is 1.99. The first-order valence-corrected chi connectivity index (χ1v) is 9.43. The Kier molecular flexibility index (Phi) is 6.14. The van der Waals surface area contributed by atoms with Gasteiger partial charge in [-0.15, -0.1) is 0 Å². The zero-order valence-electron chi connectivity index (χ0n) is 15.1. The molecule has 0 bridgehead atoms. The van der Waals surface area contributed by atoms with Gasteiger partial charge in [0.25, 0.3) is 0 Å². The summed E-state index contributed by atoms with van der Waals surface area (Å²) in [6.07, 6.45) is 8.27. The molecule has 1 heterocycles. The SMILES string of the molecule is CCCNC1C(N2CCCC(C(C)C)CC2)CCC1(C)C. The molecule has 1 aliphatic carbocycles. The van der Waals surface area contributed by atoms with Crippen LogP contribution in [0.4, 0.5) is 0 Å². The van der Waals surface area contributed by atoms with Gasteiger partial charge in [-0.3, -0.25) is 4.90 Å². The summed E-state index contributed by atoms with van der Waals surface area (Å²) < 4.78 is 0. The monoisotopic (exact) mass is 294 g/mol. The molecule has 0 aromatic rings. The molecule has 21 heavy (non-hydrogen) atoms. The van der Waals surface area contributed by atoms with E-state index in [1.165, 1.54) is 58.2 Å². The molecule has 0 aromatic heterocycles. The summed E-state index contributed by atoms with van der Waals surface area (Å²) in [7, 11) is 0. The zero-order valence-corrected chi connectivity index (χ0v) is 15.1. The molecule has 1 saturated heterocycles. The largest absolute Gasteiger partial charge is 0.312 e. The number of likely N-dealkylation sites (tertiary alicyclic amines) is 1. The van der Waals surface area contributed by atoms with Gasteiger partial charge in [0, 0.05) is 12.1 Å². The van der Waals surface area contributed by atoms with E-state index in [-0.39, 0.29) is 0 Å². The summed E-state index contributed by atoms with van der Waals surface area (Å²) in [5.41, 5.74) is 0.462. The van der Waals surface area contributed by atoms with Crippen LogP contribution in [0.3, 0.4) is 0 Å². The molecule has 0 radical (unpaired) electrons. The van der Waals surface area contributed by atoms with Crippen molar-refractivity contribution in [3.8, 4) is 0 Å². The lowest BCUT2D eigenvalue weighted by Gasteiger charge is -2.37. The van der Waals surface area contributed by atoms with Gasteiger partial charge in [-0.25, -0.2) is 0 Å². The summed E-state index contributed by atoms with van der Waals surface area (Å²) in [4.78, 5) is 2.84. The van der Waals surface area contributed by atoms with Crippen LogP contribution in [0, 0.1) is 17.3 Å². The van der Waals surface area contributed by atoms with Crippen molar-refractivity contribution < 1.29 is 0 Å². The normalized spacial score (nSPS) is 34.3. The van der Waals surface area contributed by atoms with Gasteiger partial charge in [0.05, 0.1) is 0 Å². The maximum atomic E-state index is 3.88. The predicted molar refractivity (Wildman–Crippen MR) is 92.6 cm³/mol. The van der Waals surface area contributed by atoms with Crippen LogP contribution in [0.5, 0.6) is 0 Å². The van der Waals surface area contributed by atoms with E-state index in [0.29, 0.717) is 11.5 Å². The predicted octanol–water partition coefficient (Wildman–Crippen LogP) is 4.30. The zero-order chi connectivity index (χ0) is 15.5. The molecule has 2 nitrogen and oxygen atoms in total. The Hall–Kier alpha value is -0.0800. The van der Waals surface area contributed by atoms with Gasteiger partial charge in [-0.2, -0.15) is 0 Å². The molecule has 0 spiro atoms. The first-order chi connectivity index (χ1) is 9.95. The second-order valence-electron chi connectivity index (χ2n) is 8.50. The van der Waals surface area contributed by atoms with Crippen molar-refractivity contribution in [3.05, 3.63) is 0 Å². The first-order valence-electron chi connectivity index (χ1n) is 9.43. The van der Waals surface area contributed by atoms with Gasteiger partial charge in [0.15, 0.2) is 0 Å². The van der Waals surface area contributed by atoms with Crippen LogP contribution < -0.4 is 5.32 Å². The Labute approximate surface area is 133 Å². The van der Waals surface area contributed by atoms with Crippen molar-refractivity contribution in [1.82, 2.24) is 10.2 Å². The maximum Gasteiger partial charge on any atom is 0.0274 e. The summed E-state index contributed by atoms with van der Waals surface area (Å²) in [6, 6.07) is 1.46. The quantitative estimate of drug-likeness (QED) is 0.813. The first kappa shape index (κ1) is 17.3. The van der Waals surface area contributed by atoms with Crippen molar-refractivity contribution in [1.29, 1.82) is 0 Å². The van der Waals surface area contributed by atoms with Crippen LogP contribution in [0.15, 0.2) is 0 Å². The minimum Gasteiger partial charge on any atom is -0.312 e. The van der Waals surface area contributed by atoms with E-state index in [9.17, 15) is 0 Å². The minimum absolute atomic E-state index is 0.462. The van der Waals surface area contributed by atoms with Crippen LogP contribution in [-0.2, 0) is 0 Å². The fourth-order valence-electron chi connectivity index (χ4n) is 4.61. The third-order valence-corrected chi connectivity index (χ3v) is 6.14. The molecular formula is C19H38N2. The number of nitrogens with one attached hydrogen (secondary N) is 1. The highest BCUT2D eigenvalue weighted by atomic mass is 15.2. The molecule has 124 valence electrons. The van der Waals surface area contributed by atoms with Gasteiger partial charge in [0.2, 0.25) is 0 Å². The topological polar surface area (TPSA) is 15.3 Å². The smallest absolute Gasteiger partial charge is 0.0274 e. The molecule has 1 saturated carbocycles. The number of nitrogens with zero attached hydrogens (tertiary/aromatic N) is 1. The average molecular weight is 295 g/mol. The molecule has 2 aliphatic rings. The van der Waals surface area contributed by atoms with E-state index in [1.54, 1.807) is 0 Å². The van der Waals surface area contributed by atoms with Gasteiger partial charge in [0.1, 0.15) is 0 Å². The molecular weight excluding hydrogens is 256 g/mol. The minimum atomic E-state index is 0.462. The highest BCUT2D eigenvalue weighted by molar-refractivity contribution is 5.01. The standard InChI is InChI=1S/C19H38N2/c1-6-12-20-18-17(9-11-19(18,4)5)21-13-7-8-16(10-14-21)15(2)3/h15-18,20H,6-14H2,1-5H3. The Morgan fingerprint density at radius 1 is 1.14 bits per heavy atom. The van der Waals surface area contributed by atoms with E-state index in [2.05, 4.69) is 44.8 Å². The van der Waals surface area contributed by atoms with Gasteiger partial charge in [-0.05, 0) is 75.4 Å². The number of hydrogen-bond donors (Lipinski definition) is 1. The Bertz CT molecular complexity index is 311. The van der Waals surface area contributed by atoms with Crippen LogP contribution >= 0.6 is 0 Å². The van der Waals surface area contributed by atoms with Crippen molar-refractivity contribution in [2.24, 2.45) is 17.3 Å². The fourth-order valence-corrected chi connectivity index (χ4v) is 4.61. The summed E-state index contributed by atoms with van der Waals surface area (Å²) in [6.45, 7) is 15.9. The lowest BCUT2D eigenvalue weighted by Crippen LogP contribution is -2.52. The highest BCUT2D eigenvalue weighted by Gasteiger charge is 2.44. The third kappa shape index (κ3) is 4.22. The van der Waals surface area contributed by atoms with Gasteiger partial charge < -0.3 is 5.32 Å². The number of hydrogen-bond acceptors (Lipinski definition) is 2. The van der Waals surface area contributed by atoms with E-state index < -0.39 is 0 Å². The third-order valence-electron chi connectivity index (χ3n) is 6.14.